The third kappa shape index (κ3) is 3.61. The number of hydrogen-bond acceptors (Lipinski definition) is 3. The fraction of sp³-hybridized carbons (Fsp3) is 0.263. The van der Waals surface area contributed by atoms with E-state index in [4.69, 9.17) is 11.6 Å². The molecule has 0 bridgehead atoms. The fourth-order valence-electron chi connectivity index (χ4n) is 3.39. The maximum Gasteiger partial charge on any atom is 0.224 e. The van der Waals surface area contributed by atoms with Gasteiger partial charge in [-0.3, -0.25) is 9.59 Å². The van der Waals surface area contributed by atoms with Gasteiger partial charge in [-0.25, -0.2) is 0 Å². The molecule has 3 rings (SSSR count). The molecular weight excluding hydrogens is 338 g/mol. The van der Waals surface area contributed by atoms with Crippen LogP contribution in [-0.2, 0) is 9.59 Å². The van der Waals surface area contributed by atoms with E-state index in [1.807, 2.05) is 43.3 Å². The Labute approximate surface area is 152 Å². The van der Waals surface area contributed by atoms with Gasteiger partial charge in [0.25, 0.3) is 0 Å². The molecule has 2 unspecified atom stereocenters. The molecule has 0 fully saturated rings. The molecule has 1 aliphatic heterocycles. The number of fused-ring (bicyclic) bond motifs is 1. The van der Waals surface area contributed by atoms with Crippen molar-refractivity contribution in [3.05, 3.63) is 53.1 Å². The van der Waals surface area contributed by atoms with Gasteiger partial charge < -0.3 is 15.5 Å². The summed E-state index contributed by atoms with van der Waals surface area (Å²) in [6, 6.07) is 13.2. The van der Waals surface area contributed by atoms with Crippen LogP contribution >= 0.6 is 11.6 Å². The van der Waals surface area contributed by atoms with Crippen molar-refractivity contribution in [2.75, 3.05) is 15.5 Å². The number of amides is 2. The summed E-state index contributed by atoms with van der Waals surface area (Å²) in [6.45, 7) is 3.61. The van der Waals surface area contributed by atoms with Crippen molar-refractivity contribution in [1.29, 1.82) is 0 Å². The molecular formula is C19H20ClN3O2. The average Bonchev–Trinajstić information content (AvgIpc) is 2.57. The molecule has 2 atom stereocenters. The number of hydrogen-bond donors (Lipinski definition) is 2. The quantitative estimate of drug-likeness (QED) is 0.806. The Morgan fingerprint density at radius 3 is 2.52 bits per heavy atom. The van der Waals surface area contributed by atoms with Gasteiger partial charge in [0.2, 0.25) is 12.3 Å². The fourth-order valence-corrected chi connectivity index (χ4v) is 3.51. The second-order valence-electron chi connectivity index (χ2n) is 6.21. The maximum atomic E-state index is 12.1. The average molecular weight is 358 g/mol. The SMILES string of the molecule is CC(=O)N1c2ccc(NC=O)cc2C(Nc2ccc(Cl)cc2)CC1C. The van der Waals surface area contributed by atoms with Crippen molar-refractivity contribution in [2.45, 2.75) is 32.4 Å². The van der Waals surface area contributed by atoms with Crippen LogP contribution in [0.25, 0.3) is 0 Å². The predicted molar refractivity (Wildman–Crippen MR) is 101 cm³/mol. The second kappa shape index (κ2) is 7.15. The maximum absolute atomic E-state index is 12.1. The van der Waals surface area contributed by atoms with Crippen LogP contribution < -0.4 is 15.5 Å². The van der Waals surface area contributed by atoms with E-state index >= 15 is 0 Å². The van der Waals surface area contributed by atoms with Crippen LogP contribution in [0.15, 0.2) is 42.5 Å². The van der Waals surface area contributed by atoms with E-state index < -0.39 is 0 Å². The predicted octanol–water partition coefficient (Wildman–Crippen LogP) is 4.21. The Hall–Kier alpha value is -2.53. The number of carbonyl (C=O) groups is 2. The summed E-state index contributed by atoms with van der Waals surface area (Å²) in [5.41, 5.74) is 3.51. The van der Waals surface area contributed by atoms with Gasteiger partial charge in [-0.05, 0) is 55.8 Å². The first-order valence-electron chi connectivity index (χ1n) is 8.15. The lowest BCUT2D eigenvalue weighted by Gasteiger charge is -2.39. The molecule has 2 aromatic carbocycles. The highest BCUT2D eigenvalue weighted by Crippen LogP contribution is 2.40. The zero-order valence-corrected chi connectivity index (χ0v) is 14.9. The Balaban J connectivity index is 2.00. The van der Waals surface area contributed by atoms with Gasteiger partial charge in [0.1, 0.15) is 0 Å². The number of anilines is 3. The Bertz CT molecular complexity index is 792. The molecule has 0 aromatic heterocycles. The number of nitrogens with one attached hydrogen (secondary N) is 2. The van der Waals surface area contributed by atoms with Crippen molar-refractivity contribution in [3.63, 3.8) is 0 Å². The van der Waals surface area contributed by atoms with Crippen molar-refractivity contribution in [3.8, 4) is 0 Å². The molecule has 0 aliphatic carbocycles. The summed E-state index contributed by atoms with van der Waals surface area (Å²) >= 11 is 5.95. The minimum absolute atomic E-state index is 0.00906. The summed E-state index contributed by atoms with van der Waals surface area (Å²) in [5.74, 6) is 0.00906. The molecule has 2 amide bonds. The molecule has 0 saturated heterocycles. The lowest BCUT2D eigenvalue weighted by molar-refractivity contribution is -0.117. The number of rotatable bonds is 4. The van der Waals surface area contributed by atoms with E-state index in [-0.39, 0.29) is 18.0 Å². The lowest BCUT2D eigenvalue weighted by atomic mass is 9.91. The zero-order valence-electron chi connectivity index (χ0n) is 14.1. The molecule has 5 nitrogen and oxygen atoms in total. The van der Waals surface area contributed by atoms with E-state index in [1.54, 1.807) is 17.9 Å². The first kappa shape index (κ1) is 17.3. The highest BCUT2D eigenvalue weighted by atomic mass is 35.5. The summed E-state index contributed by atoms with van der Waals surface area (Å²) < 4.78 is 0. The Morgan fingerprint density at radius 2 is 1.88 bits per heavy atom. The van der Waals surface area contributed by atoms with Crippen LogP contribution in [-0.4, -0.2) is 18.4 Å². The third-order valence-corrected chi connectivity index (χ3v) is 4.68. The van der Waals surface area contributed by atoms with Crippen LogP contribution in [0.5, 0.6) is 0 Å². The van der Waals surface area contributed by atoms with E-state index in [0.717, 1.165) is 23.4 Å². The second-order valence-corrected chi connectivity index (χ2v) is 6.65. The van der Waals surface area contributed by atoms with E-state index in [0.29, 0.717) is 17.1 Å². The molecule has 1 heterocycles. The normalized spacial score (nSPS) is 19.1. The highest BCUT2D eigenvalue weighted by Gasteiger charge is 2.32. The molecule has 6 heteroatoms. The van der Waals surface area contributed by atoms with Gasteiger partial charge >= 0.3 is 0 Å². The molecule has 0 spiro atoms. The standard InChI is InChI=1S/C19H20ClN3O2/c1-12-9-18(22-15-5-3-14(20)4-6-15)17-10-16(21-11-24)7-8-19(17)23(12)13(2)25/h3-8,10-12,18,22H,9H2,1-2H3,(H,21,24). The van der Waals surface area contributed by atoms with Crippen LogP contribution in [0.2, 0.25) is 5.02 Å². The van der Waals surface area contributed by atoms with Crippen molar-refractivity contribution in [2.24, 2.45) is 0 Å². The van der Waals surface area contributed by atoms with Crippen molar-refractivity contribution >= 4 is 41.0 Å². The van der Waals surface area contributed by atoms with E-state index in [9.17, 15) is 9.59 Å². The largest absolute Gasteiger partial charge is 0.378 e. The highest BCUT2D eigenvalue weighted by molar-refractivity contribution is 6.30. The van der Waals surface area contributed by atoms with Crippen LogP contribution in [0.1, 0.15) is 31.9 Å². The molecule has 2 N–H and O–H groups in total. The van der Waals surface area contributed by atoms with Gasteiger partial charge in [0.15, 0.2) is 0 Å². The molecule has 2 aromatic rings. The third-order valence-electron chi connectivity index (χ3n) is 4.43. The Kier molecular flexibility index (Phi) is 4.95. The summed E-state index contributed by atoms with van der Waals surface area (Å²) in [5, 5.41) is 6.87. The smallest absolute Gasteiger partial charge is 0.224 e. The van der Waals surface area contributed by atoms with Crippen molar-refractivity contribution in [1.82, 2.24) is 0 Å². The van der Waals surface area contributed by atoms with Crippen LogP contribution in [0.3, 0.4) is 0 Å². The topological polar surface area (TPSA) is 61.4 Å². The summed E-state index contributed by atoms with van der Waals surface area (Å²) in [7, 11) is 0. The van der Waals surface area contributed by atoms with E-state index in [2.05, 4.69) is 10.6 Å². The van der Waals surface area contributed by atoms with Gasteiger partial charge in [-0.2, -0.15) is 0 Å². The van der Waals surface area contributed by atoms with Gasteiger partial charge in [0, 0.05) is 40.6 Å². The number of benzene rings is 2. The number of halogens is 1. The van der Waals surface area contributed by atoms with Crippen LogP contribution in [0.4, 0.5) is 17.1 Å². The summed E-state index contributed by atoms with van der Waals surface area (Å²) in [6.07, 6.45) is 1.41. The number of nitrogens with zero attached hydrogens (tertiary/aromatic N) is 1. The molecule has 0 saturated carbocycles. The van der Waals surface area contributed by atoms with Gasteiger partial charge in [-0.15, -0.1) is 0 Å². The molecule has 0 radical (unpaired) electrons. The van der Waals surface area contributed by atoms with E-state index in [1.165, 1.54) is 0 Å². The van der Waals surface area contributed by atoms with Gasteiger partial charge in [-0.1, -0.05) is 11.6 Å². The monoisotopic (exact) mass is 357 g/mol. The minimum Gasteiger partial charge on any atom is -0.378 e. The molecule has 130 valence electrons. The van der Waals surface area contributed by atoms with Gasteiger partial charge in [0.05, 0.1) is 6.04 Å². The number of carbonyl (C=O) groups excluding carboxylic acids is 2. The van der Waals surface area contributed by atoms with Crippen molar-refractivity contribution < 1.29 is 9.59 Å². The first-order valence-corrected chi connectivity index (χ1v) is 8.53. The Morgan fingerprint density at radius 1 is 1.20 bits per heavy atom. The first-order chi connectivity index (χ1) is 12.0. The summed E-state index contributed by atoms with van der Waals surface area (Å²) in [4.78, 5) is 24.7. The lowest BCUT2D eigenvalue weighted by Crippen LogP contribution is -2.43. The molecule has 1 aliphatic rings. The van der Waals surface area contributed by atoms with Crippen LogP contribution in [0, 0.1) is 0 Å². The zero-order chi connectivity index (χ0) is 18.0. The minimum atomic E-state index is 0.00906. The molecule has 25 heavy (non-hydrogen) atoms.